The molecule has 0 saturated carbocycles. The van der Waals surface area contributed by atoms with Crippen molar-refractivity contribution in [1.29, 1.82) is 0 Å². The first-order valence-electron chi connectivity index (χ1n) is 3.96. The molecule has 0 bridgehead atoms. The highest BCUT2D eigenvalue weighted by Gasteiger charge is 2.43. The molecule has 0 amide bonds. The molecule has 62 valence electrons. The quantitative estimate of drug-likeness (QED) is 0.656. The largest absolute Gasteiger partial charge is 0.286 e. The number of rotatable bonds is 1. The van der Waals surface area contributed by atoms with E-state index < -0.39 is 0 Å². The van der Waals surface area contributed by atoms with Gasteiger partial charge in [0.25, 0.3) is 0 Å². The average Bonchev–Trinajstić information content (AvgIpc) is 2.16. The summed E-state index contributed by atoms with van der Waals surface area (Å²) in [6, 6.07) is 9.99. The fraction of sp³-hybridized carbons (Fsp3) is 0.300. The topological polar surface area (TPSA) is 17.1 Å². The molecule has 1 aromatic rings. The number of benzene rings is 1. The minimum Gasteiger partial charge on any atom is -0.286 e. The van der Waals surface area contributed by atoms with Crippen molar-refractivity contribution in [2.24, 2.45) is 0 Å². The predicted octanol–water partition coefficient (Wildman–Crippen LogP) is 2.22. The molecule has 1 heterocycles. The van der Waals surface area contributed by atoms with Crippen LogP contribution in [0.15, 0.2) is 30.3 Å². The van der Waals surface area contributed by atoms with Gasteiger partial charge in [-0.25, -0.2) is 0 Å². The zero-order valence-electron chi connectivity index (χ0n) is 6.91. The van der Waals surface area contributed by atoms with Gasteiger partial charge in [0.2, 0.25) is 0 Å². The highest BCUT2D eigenvalue weighted by atomic mass is 32.2. The van der Waals surface area contributed by atoms with Crippen LogP contribution in [-0.4, -0.2) is 10.9 Å². The van der Waals surface area contributed by atoms with Gasteiger partial charge < -0.3 is 0 Å². The van der Waals surface area contributed by atoms with Gasteiger partial charge in [-0.3, -0.25) is 4.79 Å². The third kappa shape index (κ3) is 0.985. The SMILES string of the molecule is CC1(c2ccccc2)CSC1=O. The maximum atomic E-state index is 11.3. The number of hydrogen-bond acceptors (Lipinski definition) is 2. The van der Waals surface area contributed by atoms with Crippen LogP contribution < -0.4 is 0 Å². The molecule has 2 rings (SSSR count). The fourth-order valence-electron chi connectivity index (χ4n) is 1.35. The van der Waals surface area contributed by atoms with Crippen molar-refractivity contribution in [3.05, 3.63) is 35.9 Å². The second-order valence-corrected chi connectivity index (χ2v) is 4.22. The molecule has 1 aliphatic heterocycles. The summed E-state index contributed by atoms with van der Waals surface area (Å²) in [5.74, 6) is 0.926. The van der Waals surface area contributed by atoms with Gasteiger partial charge in [0.15, 0.2) is 5.12 Å². The first-order chi connectivity index (χ1) is 5.73. The van der Waals surface area contributed by atoms with Crippen molar-refractivity contribution < 1.29 is 4.79 Å². The van der Waals surface area contributed by atoms with E-state index in [0.29, 0.717) is 5.12 Å². The van der Waals surface area contributed by atoms with Gasteiger partial charge in [-0.15, -0.1) is 0 Å². The summed E-state index contributed by atoms with van der Waals surface area (Å²) in [4.78, 5) is 11.3. The van der Waals surface area contributed by atoms with Gasteiger partial charge in [0.1, 0.15) is 0 Å². The van der Waals surface area contributed by atoms with Gasteiger partial charge in [0, 0.05) is 5.75 Å². The second kappa shape index (κ2) is 2.63. The average molecular weight is 178 g/mol. The van der Waals surface area contributed by atoms with Crippen molar-refractivity contribution in [2.45, 2.75) is 12.3 Å². The molecule has 1 saturated heterocycles. The first kappa shape index (κ1) is 7.87. The molecular formula is C10H10OS. The van der Waals surface area contributed by atoms with Crippen LogP contribution in [0.4, 0.5) is 0 Å². The first-order valence-corrected chi connectivity index (χ1v) is 4.95. The van der Waals surface area contributed by atoms with Crippen molar-refractivity contribution in [2.75, 3.05) is 5.75 Å². The maximum absolute atomic E-state index is 11.3. The lowest BCUT2D eigenvalue weighted by Gasteiger charge is -2.35. The van der Waals surface area contributed by atoms with E-state index in [1.807, 2.05) is 37.3 Å². The van der Waals surface area contributed by atoms with Crippen LogP contribution in [0.2, 0.25) is 0 Å². The standard InChI is InChI=1S/C10H10OS/c1-10(7-12-9(10)11)8-5-3-2-4-6-8/h2-6H,7H2,1H3. The van der Waals surface area contributed by atoms with Crippen LogP contribution in [0.1, 0.15) is 12.5 Å². The predicted molar refractivity (Wildman–Crippen MR) is 51.3 cm³/mol. The van der Waals surface area contributed by atoms with Crippen LogP contribution in [0.25, 0.3) is 0 Å². The summed E-state index contributed by atoms with van der Waals surface area (Å²) in [5.41, 5.74) is 0.945. The summed E-state index contributed by atoms with van der Waals surface area (Å²) >= 11 is 1.42. The molecule has 12 heavy (non-hydrogen) atoms. The minimum absolute atomic E-state index is 0.202. The van der Waals surface area contributed by atoms with Crippen molar-refractivity contribution in [3.8, 4) is 0 Å². The van der Waals surface area contributed by atoms with E-state index in [9.17, 15) is 4.79 Å². The van der Waals surface area contributed by atoms with Crippen LogP contribution in [0, 0.1) is 0 Å². The van der Waals surface area contributed by atoms with Gasteiger partial charge in [-0.05, 0) is 12.5 Å². The summed E-state index contributed by atoms with van der Waals surface area (Å²) < 4.78 is 0. The lowest BCUT2D eigenvalue weighted by atomic mass is 9.85. The van der Waals surface area contributed by atoms with Crippen LogP contribution in [-0.2, 0) is 10.2 Å². The van der Waals surface area contributed by atoms with Gasteiger partial charge >= 0.3 is 0 Å². The van der Waals surface area contributed by atoms with E-state index in [2.05, 4.69) is 0 Å². The molecule has 0 N–H and O–H groups in total. The molecule has 0 radical (unpaired) electrons. The van der Waals surface area contributed by atoms with E-state index >= 15 is 0 Å². The Balaban J connectivity index is 2.37. The van der Waals surface area contributed by atoms with E-state index in [-0.39, 0.29) is 5.41 Å². The molecule has 1 atom stereocenters. The Morgan fingerprint density at radius 1 is 1.33 bits per heavy atom. The molecule has 1 unspecified atom stereocenters. The van der Waals surface area contributed by atoms with Gasteiger partial charge in [-0.2, -0.15) is 0 Å². The van der Waals surface area contributed by atoms with E-state index in [4.69, 9.17) is 0 Å². The molecule has 1 fully saturated rings. The van der Waals surface area contributed by atoms with Crippen molar-refractivity contribution in [1.82, 2.24) is 0 Å². The monoisotopic (exact) mass is 178 g/mol. The zero-order valence-corrected chi connectivity index (χ0v) is 7.73. The summed E-state index contributed by atoms with van der Waals surface area (Å²) in [7, 11) is 0. The Morgan fingerprint density at radius 3 is 2.42 bits per heavy atom. The highest BCUT2D eigenvalue weighted by molar-refractivity contribution is 8.16. The Hall–Kier alpha value is -0.760. The maximum Gasteiger partial charge on any atom is 0.200 e. The van der Waals surface area contributed by atoms with Crippen LogP contribution >= 0.6 is 11.8 Å². The third-order valence-electron chi connectivity index (χ3n) is 2.35. The summed E-state index contributed by atoms with van der Waals surface area (Å²) in [5, 5.41) is 0.300. The minimum atomic E-state index is -0.202. The number of hydrogen-bond donors (Lipinski definition) is 0. The molecule has 1 nitrogen and oxygen atoms in total. The molecule has 1 aliphatic rings. The summed E-state index contributed by atoms with van der Waals surface area (Å²) in [6.07, 6.45) is 0. The van der Waals surface area contributed by atoms with Gasteiger partial charge in [-0.1, -0.05) is 42.1 Å². The van der Waals surface area contributed by atoms with Crippen molar-refractivity contribution >= 4 is 16.9 Å². The Labute approximate surface area is 76.2 Å². The number of carbonyl (C=O) groups excluding carboxylic acids is 1. The van der Waals surface area contributed by atoms with E-state index in [0.717, 1.165) is 11.3 Å². The number of carbonyl (C=O) groups is 1. The van der Waals surface area contributed by atoms with Crippen molar-refractivity contribution in [3.63, 3.8) is 0 Å². The lowest BCUT2D eigenvalue weighted by molar-refractivity contribution is -0.116. The smallest absolute Gasteiger partial charge is 0.200 e. The molecular weight excluding hydrogens is 168 g/mol. The van der Waals surface area contributed by atoms with Crippen LogP contribution in [0.3, 0.4) is 0 Å². The Kier molecular flexibility index (Phi) is 1.72. The van der Waals surface area contributed by atoms with Crippen LogP contribution in [0.5, 0.6) is 0 Å². The Bertz CT molecular complexity index is 307. The van der Waals surface area contributed by atoms with E-state index in [1.165, 1.54) is 11.8 Å². The zero-order chi connectivity index (χ0) is 8.60. The molecule has 1 aromatic carbocycles. The molecule has 0 spiro atoms. The Morgan fingerprint density at radius 2 is 2.00 bits per heavy atom. The molecule has 2 heteroatoms. The fourth-order valence-corrected chi connectivity index (χ4v) is 2.33. The van der Waals surface area contributed by atoms with E-state index in [1.54, 1.807) is 0 Å². The highest BCUT2D eigenvalue weighted by Crippen LogP contribution is 2.41. The number of thioether (sulfide) groups is 1. The summed E-state index contributed by atoms with van der Waals surface area (Å²) in [6.45, 7) is 2.02. The third-order valence-corrected chi connectivity index (χ3v) is 3.79. The molecule has 0 aromatic heterocycles. The molecule has 0 aliphatic carbocycles. The van der Waals surface area contributed by atoms with Gasteiger partial charge in [0.05, 0.1) is 5.41 Å². The lowest BCUT2D eigenvalue weighted by Crippen LogP contribution is -2.42. The normalized spacial score (nSPS) is 28.2. The second-order valence-electron chi connectivity index (χ2n) is 3.27.